The van der Waals surface area contributed by atoms with Crippen LogP contribution < -0.4 is 30.9 Å². The molecule has 0 bridgehead atoms. The minimum Gasteiger partial charge on any atom is -0.543 e. The quantitative estimate of drug-likeness (QED) is 0.0476. The van der Waals surface area contributed by atoms with Gasteiger partial charge in [-0.1, -0.05) is 11.1 Å². The first-order chi connectivity index (χ1) is 23.2. The first kappa shape index (κ1) is 33.5. The van der Waals surface area contributed by atoms with E-state index in [0.29, 0.717) is 36.3 Å². The van der Waals surface area contributed by atoms with Gasteiger partial charge in [0.2, 0.25) is 5.52 Å². The van der Waals surface area contributed by atoms with Crippen LogP contribution in [0.15, 0.2) is 51.1 Å². The van der Waals surface area contributed by atoms with Gasteiger partial charge in [0, 0.05) is 60.1 Å². The summed E-state index contributed by atoms with van der Waals surface area (Å²) in [5.41, 5.74) is 7.31. The van der Waals surface area contributed by atoms with Crippen molar-refractivity contribution in [1.29, 1.82) is 0 Å². The van der Waals surface area contributed by atoms with Crippen molar-refractivity contribution in [1.82, 2.24) is 20.5 Å². The van der Waals surface area contributed by atoms with Gasteiger partial charge in [-0.3, -0.25) is 14.5 Å². The van der Waals surface area contributed by atoms with E-state index < -0.39 is 29.2 Å². The fourth-order valence-corrected chi connectivity index (χ4v) is 8.82. The van der Waals surface area contributed by atoms with Gasteiger partial charge in [-0.2, -0.15) is 4.57 Å². The van der Waals surface area contributed by atoms with Crippen LogP contribution >= 0.6 is 34.9 Å². The standard InChI is InChI=1S/C31H31FN8O5S3/c1-3-11-45-37-24(20-16-48-31(33)35-20)27(41)36-25-28(42)40-26(30(43)44)17(15-47-29(25)40)14-46-23-5-8-38(4-2)21-13-22(19(32)12-18(21)23)39-9-6-34-7-10-39/h1,5,8,12-13,16,25,29,34H,4,6-7,9-11,14-15H2,2H3,(H3-,33,35,36,41,43,44)/b37-24-/t25?,29-/m1/s1. The molecule has 0 radical (unpaired) electrons. The number of thioether (sulfide) groups is 2. The Labute approximate surface area is 287 Å². The first-order valence-corrected chi connectivity index (χ1v) is 17.9. The van der Waals surface area contributed by atoms with Crippen LogP contribution in [0, 0.1) is 18.2 Å². The second-order valence-corrected chi connectivity index (χ2v) is 13.9. The van der Waals surface area contributed by atoms with Crippen molar-refractivity contribution < 1.29 is 33.3 Å². The maximum Gasteiger partial charge on any atom is 0.276 e. The average Bonchev–Trinajstić information content (AvgIpc) is 3.52. The Kier molecular flexibility index (Phi) is 10.1. The molecule has 250 valence electrons. The van der Waals surface area contributed by atoms with Crippen molar-refractivity contribution in [2.45, 2.75) is 29.8 Å². The molecule has 5 heterocycles. The van der Waals surface area contributed by atoms with Crippen LogP contribution in [0.3, 0.4) is 0 Å². The third kappa shape index (κ3) is 6.52. The summed E-state index contributed by atoms with van der Waals surface area (Å²) in [5.74, 6) is -0.448. The zero-order valence-corrected chi connectivity index (χ0v) is 28.2. The Bertz CT molecular complexity index is 1890. The summed E-state index contributed by atoms with van der Waals surface area (Å²) >= 11 is 3.77. The average molecular weight is 711 g/mol. The second-order valence-electron chi connectivity index (χ2n) is 10.9. The van der Waals surface area contributed by atoms with Gasteiger partial charge in [0.05, 0.1) is 22.7 Å². The number of β-lactam (4-membered cyclic amide) rings is 1. The molecule has 13 nitrogen and oxygen atoms in total. The van der Waals surface area contributed by atoms with E-state index >= 15 is 4.39 Å². The molecule has 3 aromatic rings. The normalized spacial score (nSPS) is 19.5. The number of fused-ring (bicyclic) bond motifs is 2. The zero-order chi connectivity index (χ0) is 33.9. The molecule has 6 rings (SSSR count). The molecule has 4 N–H and O–H groups in total. The number of anilines is 2. The van der Waals surface area contributed by atoms with E-state index in [-0.39, 0.29) is 46.2 Å². The minimum atomic E-state index is -1.50. The highest BCUT2D eigenvalue weighted by atomic mass is 32.2. The number of carboxylic acid groups (broad SMARTS) is 1. The zero-order valence-electron chi connectivity index (χ0n) is 25.7. The highest BCUT2D eigenvalue weighted by Crippen LogP contribution is 2.42. The van der Waals surface area contributed by atoms with Crippen molar-refractivity contribution in [3.8, 4) is 12.3 Å². The lowest BCUT2D eigenvalue weighted by Crippen LogP contribution is -2.71. The molecular formula is C31H31FN8O5S3. The molecule has 48 heavy (non-hydrogen) atoms. The molecular weight excluding hydrogens is 680 g/mol. The van der Waals surface area contributed by atoms with Crippen molar-refractivity contribution >= 4 is 80.1 Å². The Morgan fingerprint density at radius 3 is 2.85 bits per heavy atom. The van der Waals surface area contributed by atoms with E-state index in [4.69, 9.17) is 17.0 Å². The molecule has 2 aromatic heterocycles. The SMILES string of the molecule is C#CCO/N=C(\C(=O)NC1C(=O)N2C(C(=O)[O-])=C(CSc3cc[n+](CC)c4cc(N5CCNCC5)c(F)cc34)CS[C@H]12)c1csc(N)n1. The number of carbonyl (C=O) groups excluding carboxylic acids is 3. The maximum atomic E-state index is 15.5. The molecule has 2 fully saturated rings. The number of nitrogens with zero attached hydrogens (tertiary/aromatic N) is 5. The number of carbonyl (C=O) groups is 3. The Morgan fingerprint density at radius 2 is 2.17 bits per heavy atom. The number of carboxylic acids is 1. The summed E-state index contributed by atoms with van der Waals surface area (Å²) in [6, 6.07) is 4.28. The van der Waals surface area contributed by atoms with Crippen molar-refractivity contribution in [3.05, 3.63) is 52.6 Å². The number of oxime groups is 1. The number of terminal acetylenes is 1. The van der Waals surface area contributed by atoms with Gasteiger partial charge in [-0.15, -0.1) is 41.3 Å². The van der Waals surface area contributed by atoms with E-state index in [2.05, 4.69) is 26.7 Å². The summed E-state index contributed by atoms with van der Waals surface area (Å²) in [4.78, 5) is 51.9. The number of rotatable bonds is 11. The number of nitrogens with one attached hydrogen (secondary N) is 2. The number of aromatic nitrogens is 2. The molecule has 2 saturated heterocycles. The predicted molar refractivity (Wildman–Crippen MR) is 180 cm³/mol. The molecule has 3 aliphatic rings. The van der Waals surface area contributed by atoms with Crippen LogP contribution in [-0.4, -0.2) is 89.1 Å². The first-order valence-electron chi connectivity index (χ1n) is 15.0. The molecule has 1 aromatic carbocycles. The van der Waals surface area contributed by atoms with E-state index in [1.807, 2.05) is 34.7 Å². The monoisotopic (exact) mass is 710 g/mol. The van der Waals surface area contributed by atoms with Gasteiger partial charge in [0.1, 0.15) is 29.5 Å². The van der Waals surface area contributed by atoms with Gasteiger partial charge in [-0.05, 0) is 18.6 Å². The molecule has 17 heteroatoms. The predicted octanol–water partition coefficient (Wildman–Crippen LogP) is 0.285. The highest BCUT2D eigenvalue weighted by molar-refractivity contribution is 8.01. The number of pyridine rings is 1. The van der Waals surface area contributed by atoms with Crippen LogP contribution in [0.4, 0.5) is 15.2 Å². The van der Waals surface area contributed by atoms with E-state index in [9.17, 15) is 19.5 Å². The van der Waals surface area contributed by atoms with Gasteiger partial charge in [-0.25, -0.2) is 9.37 Å². The molecule has 2 amide bonds. The van der Waals surface area contributed by atoms with E-state index in [1.54, 1.807) is 6.07 Å². The highest BCUT2D eigenvalue weighted by Gasteiger charge is 2.53. The number of nitrogen functional groups attached to an aromatic ring is 1. The summed E-state index contributed by atoms with van der Waals surface area (Å²) in [7, 11) is 0. The summed E-state index contributed by atoms with van der Waals surface area (Å²) < 4.78 is 17.5. The third-order valence-electron chi connectivity index (χ3n) is 8.06. The van der Waals surface area contributed by atoms with Gasteiger partial charge < -0.3 is 36.0 Å². The number of aryl methyl sites for hydroxylation is 1. The Morgan fingerprint density at radius 1 is 1.38 bits per heavy atom. The van der Waals surface area contributed by atoms with E-state index in [1.165, 1.54) is 28.9 Å². The largest absolute Gasteiger partial charge is 0.543 e. The van der Waals surface area contributed by atoms with E-state index in [0.717, 1.165) is 39.7 Å². The molecule has 0 aliphatic carbocycles. The Hall–Kier alpha value is -4.37. The third-order valence-corrected chi connectivity index (χ3v) is 11.2. The van der Waals surface area contributed by atoms with Crippen molar-refractivity contribution in [2.75, 3.05) is 54.9 Å². The number of benzene rings is 1. The number of hydrogen-bond acceptors (Lipinski definition) is 13. The number of aliphatic carboxylic acids is 1. The molecule has 0 saturated carbocycles. The lowest BCUT2D eigenvalue weighted by Gasteiger charge is -2.50. The van der Waals surface area contributed by atoms with Crippen LogP contribution in [-0.2, 0) is 25.8 Å². The minimum absolute atomic E-state index is 0.138. The molecule has 2 atom stereocenters. The fourth-order valence-electron chi connectivity index (χ4n) is 5.76. The van der Waals surface area contributed by atoms with Gasteiger partial charge >= 0.3 is 0 Å². The van der Waals surface area contributed by atoms with Crippen LogP contribution in [0.25, 0.3) is 10.9 Å². The van der Waals surface area contributed by atoms with Crippen LogP contribution in [0.1, 0.15) is 12.6 Å². The van der Waals surface area contributed by atoms with Crippen LogP contribution in [0.2, 0.25) is 0 Å². The molecule has 0 spiro atoms. The maximum absolute atomic E-state index is 15.5. The number of hydrogen-bond donors (Lipinski definition) is 3. The lowest BCUT2D eigenvalue weighted by molar-refractivity contribution is -0.668. The van der Waals surface area contributed by atoms with Crippen molar-refractivity contribution in [3.63, 3.8) is 0 Å². The van der Waals surface area contributed by atoms with Crippen LogP contribution in [0.5, 0.6) is 0 Å². The smallest absolute Gasteiger partial charge is 0.276 e. The second kappa shape index (κ2) is 14.4. The summed E-state index contributed by atoms with van der Waals surface area (Å²) in [6.45, 7) is 5.47. The number of amides is 2. The number of thiazole rings is 1. The fraction of sp³-hybridized carbons (Fsp3) is 0.355. The lowest BCUT2D eigenvalue weighted by atomic mass is 10.0. The topological polar surface area (TPSA) is 169 Å². The number of piperazine rings is 1. The Balaban J connectivity index is 1.21. The summed E-state index contributed by atoms with van der Waals surface area (Å²) in [6.07, 6.45) is 7.14. The number of nitrogens with two attached hydrogens (primary N) is 1. The molecule has 3 aliphatic heterocycles. The van der Waals surface area contributed by atoms with Gasteiger partial charge in [0.15, 0.2) is 23.6 Å². The van der Waals surface area contributed by atoms with Gasteiger partial charge in [0.25, 0.3) is 11.8 Å². The van der Waals surface area contributed by atoms with Crippen molar-refractivity contribution in [2.24, 2.45) is 5.16 Å². The molecule has 1 unspecified atom stereocenters. The summed E-state index contributed by atoms with van der Waals surface area (Å²) in [5, 5.41) is 23.8. The number of halogens is 1.